The van der Waals surface area contributed by atoms with Crippen LogP contribution in [0, 0.1) is 0 Å². The summed E-state index contributed by atoms with van der Waals surface area (Å²) in [5.41, 5.74) is -1.41. The highest BCUT2D eigenvalue weighted by molar-refractivity contribution is 5.99. The number of amides is 2. The molecule has 0 radical (unpaired) electrons. The fourth-order valence-electron chi connectivity index (χ4n) is 2.80. The molecule has 28 heavy (non-hydrogen) atoms. The molecule has 148 valence electrons. The molecule has 2 N–H and O–H groups in total. The number of hydrogen-bond acceptors (Lipinski definition) is 8. The van der Waals surface area contributed by atoms with Gasteiger partial charge in [0.2, 0.25) is 5.43 Å². The summed E-state index contributed by atoms with van der Waals surface area (Å²) in [5, 5.41) is 14.5. The Morgan fingerprint density at radius 1 is 1.32 bits per heavy atom. The third-order valence-corrected chi connectivity index (χ3v) is 4.23. The number of carbonyl (C=O) groups is 2. The summed E-state index contributed by atoms with van der Waals surface area (Å²) in [6.45, 7) is 0.830. The van der Waals surface area contributed by atoms with Crippen LogP contribution in [0.25, 0.3) is 0 Å². The van der Waals surface area contributed by atoms with Crippen LogP contribution in [0.15, 0.2) is 29.5 Å². The monoisotopic (exact) mass is 388 g/mol. The maximum absolute atomic E-state index is 12.6. The summed E-state index contributed by atoms with van der Waals surface area (Å²) in [4.78, 5) is 47.0. The molecule has 1 aliphatic rings. The fourth-order valence-corrected chi connectivity index (χ4v) is 2.80. The second kappa shape index (κ2) is 8.05. The molecule has 1 aliphatic heterocycles. The quantitative estimate of drug-likeness (QED) is 0.638. The van der Waals surface area contributed by atoms with Crippen LogP contribution in [0.4, 0.5) is 0 Å². The molecule has 0 unspecified atom stereocenters. The van der Waals surface area contributed by atoms with E-state index in [2.05, 4.69) is 15.3 Å². The molecule has 0 saturated heterocycles. The second-order valence-corrected chi connectivity index (χ2v) is 6.12. The van der Waals surface area contributed by atoms with Crippen molar-refractivity contribution in [3.8, 4) is 5.75 Å². The lowest BCUT2D eigenvalue weighted by atomic mass is 10.1. The molecule has 0 atom stereocenters. The van der Waals surface area contributed by atoms with E-state index in [4.69, 9.17) is 4.74 Å². The Kier molecular flexibility index (Phi) is 5.54. The number of aromatic hydroxyl groups is 1. The fraction of sp³-hybridized carbons (Fsp3) is 0.353. The number of methoxy groups -OCH3 is 1. The second-order valence-electron chi connectivity index (χ2n) is 6.12. The first-order valence-corrected chi connectivity index (χ1v) is 8.46. The van der Waals surface area contributed by atoms with E-state index in [0.29, 0.717) is 19.0 Å². The number of nitrogens with one attached hydrogen (secondary N) is 1. The molecule has 11 nitrogen and oxygen atoms in total. The highest BCUT2D eigenvalue weighted by Crippen LogP contribution is 2.20. The van der Waals surface area contributed by atoms with Crippen LogP contribution in [0.1, 0.15) is 26.7 Å². The Balaban J connectivity index is 1.89. The molecule has 0 saturated carbocycles. The van der Waals surface area contributed by atoms with Crippen molar-refractivity contribution in [3.63, 3.8) is 0 Å². The van der Waals surface area contributed by atoms with Gasteiger partial charge < -0.3 is 20.1 Å². The Hall–Kier alpha value is -3.47. The van der Waals surface area contributed by atoms with E-state index in [9.17, 15) is 19.5 Å². The summed E-state index contributed by atoms with van der Waals surface area (Å²) < 4.78 is 6.28. The van der Waals surface area contributed by atoms with Gasteiger partial charge in [0.1, 0.15) is 18.1 Å². The van der Waals surface area contributed by atoms with Crippen LogP contribution in [0.5, 0.6) is 5.75 Å². The van der Waals surface area contributed by atoms with Crippen LogP contribution in [-0.2, 0) is 11.3 Å². The minimum Gasteiger partial charge on any atom is -0.502 e. The molecule has 2 aromatic rings. The number of carbonyl (C=O) groups excluding carboxylic acids is 2. The van der Waals surface area contributed by atoms with Crippen molar-refractivity contribution in [1.82, 2.24) is 24.9 Å². The van der Waals surface area contributed by atoms with Crippen LogP contribution in [-0.4, -0.2) is 70.4 Å². The Bertz CT molecular complexity index is 945. The molecule has 3 heterocycles. The molecule has 0 aromatic carbocycles. The zero-order valence-corrected chi connectivity index (χ0v) is 15.5. The molecule has 3 rings (SSSR count). The van der Waals surface area contributed by atoms with Gasteiger partial charge >= 0.3 is 0 Å². The topological polar surface area (TPSA) is 130 Å². The minimum atomic E-state index is -0.923. The third kappa shape index (κ3) is 3.64. The smallest absolute Gasteiger partial charge is 0.277 e. The van der Waals surface area contributed by atoms with Gasteiger partial charge in [-0.05, 0) is 6.07 Å². The number of rotatable bonds is 6. The van der Waals surface area contributed by atoms with E-state index in [1.54, 1.807) is 18.1 Å². The van der Waals surface area contributed by atoms with E-state index in [1.807, 2.05) is 0 Å². The van der Waals surface area contributed by atoms with Gasteiger partial charge in [0.25, 0.3) is 11.8 Å². The summed E-state index contributed by atoms with van der Waals surface area (Å²) in [6, 6.07) is 1.64. The van der Waals surface area contributed by atoms with Crippen molar-refractivity contribution in [2.45, 2.75) is 6.54 Å². The highest BCUT2D eigenvalue weighted by atomic mass is 16.5. The standard InChI is InChI=1S/C17H20N6O5/c1-21-10-22(6-7-28-2)17(27)13-15(25)14(24)11(9-23(13)21)16(26)20-8-12-18-4-3-5-19-12/h3-5,9,25H,6-8,10H2,1-2H3,(H,20,26). The molecule has 0 aliphatic carbocycles. The Morgan fingerprint density at radius 2 is 2.04 bits per heavy atom. The van der Waals surface area contributed by atoms with Gasteiger partial charge in [0.05, 0.1) is 13.2 Å². The maximum Gasteiger partial charge on any atom is 0.277 e. The van der Waals surface area contributed by atoms with Crippen LogP contribution >= 0.6 is 0 Å². The maximum atomic E-state index is 12.6. The van der Waals surface area contributed by atoms with Gasteiger partial charge in [0, 0.05) is 39.3 Å². The van der Waals surface area contributed by atoms with E-state index in [0.717, 1.165) is 0 Å². The van der Waals surface area contributed by atoms with Crippen molar-refractivity contribution in [2.24, 2.45) is 0 Å². The lowest BCUT2D eigenvalue weighted by molar-refractivity contribution is 0.0629. The predicted molar refractivity (Wildman–Crippen MR) is 97.5 cm³/mol. The molecular formula is C17H20N6O5. The Labute approximate surface area is 160 Å². The zero-order valence-electron chi connectivity index (χ0n) is 15.5. The normalized spacial score (nSPS) is 13.4. The number of fused-ring (bicyclic) bond motifs is 1. The summed E-state index contributed by atoms with van der Waals surface area (Å²) in [7, 11) is 3.18. The number of hydrogen-bond donors (Lipinski definition) is 2. The van der Waals surface area contributed by atoms with Gasteiger partial charge in [-0.25, -0.2) is 9.97 Å². The summed E-state index contributed by atoms with van der Waals surface area (Å²) >= 11 is 0. The van der Waals surface area contributed by atoms with Crippen LogP contribution in [0.3, 0.4) is 0 Å². The molecule has 2 amide bonds. The van der Waals surface area contributed by atoms with E-state index < -0.39 is 23.0 Å². The first kappa shape index (κ1) is 19.3. The molecule has 11 heteroatoms. The average Bonchev–Trinajstić information content (AvgIpc) is 2.70. The number of ether oxygens (including phenoxy) is 1. The molecular weight excluding hydrogens is 368 g/mol. The summed E-state index contributed by atoms with van der Waals surface area (Å²) in [5.74, 6) is -1.62. The van der Waals surface area contributed by atoms with Crippen molar-refractivity contribution in [1.29, 1.82) is 0 Å². The SMILES string of the molecule is COCCN1CN(C)n2cc(C(=O)NCc3ncccn3)c(=O)c(O)c2C1=O. The van der Waals surface area contributed by atoms with Crippen molar-refractivity contribution in [2.75, 3.05) is 39.0 Å². The van der Waals surface area contributed by atoms with Gasteiger partial charge in [-0.3, -0.25) is 24.1 Å². The number of pyridine rings is 1. The van der Waals surface area contributed by atoms with E-state index in [-0.39, 0.29) is 24.5 Å². The van der Waals surface area contributed by atoms with Crippen molar-refractivity contribution < 1.29 is 19.4 Å². The highest BCUT2D eigenvalue weighted by Gasteiger charge is 2.32. The largest absolute Gasteiger partial charge is 0.502 e. The average molecular weight is 388 g/mol. The summed E-state index contributed by atoms with van der Waals surface area (Å²) in [6.07, 6.45) is 4.30. The minimum absolute atomic E-state index is 0.0151. The van der Waals surface area contributed by atoms with Gasteiger partial charge in [-0.1, -0.05) is 0 Å². The van der Waals surface area contributed by atoms with Crippen LogP contribution < -0.4 is 15.8 Å². The van der Waals surface area contributed by atoms with Gasteiger partial charge in [-0.2, -0.15) is 0 Å². The molecule has 0 fully saturated rings. The lowest BCUT2D eigenvalue weighted by Crippen LogP contribution is -2.53. The van der Waals surface area contributed by atoms with E-state index in [1.165, 1.54) is 35.3 Å². The first-order valence-electron chi connectivity index (χ1n) is 8.46. The number of aromatic nitrogens is 3. The molecule has 0 bridgehead atoms. The van der Waals surface area contributed by atoms with Crippen LogP contribution in [0.2, 0.25) is 0 Å². The first-order chi connectivity index (χ1) is 13.4. The van der Waals surface area contributed by atoms with Crippen molar-refractivity contribution in [3.05, 3.63) is 52.0 Å². The molecule has 2 aromatic heterocycles. The van der Waals surface area contributed by atoms with Gasteiger partial charge in [0.15, 0.2) is 11.4 Å². The molecule has 0 spiro atoms. The predicted octanol–water partition coefficient (Wildman–Crippen LogP) is -1.10. The van der Waals surface area contributed by atoms with Crippen molar-refractivity contribution >= 4 is 11.8 Å². The Morgan fingerprint density at radius 3 is 2.71 bits per heavy atom. The third-order valence-electron chi connectivity index (χ3n) is 4.23. The number of nitrogens with zero attached hydrogens (tertiary/aromatic N) is 5. The van der Waals surface area contributed by atoms with Gasteiger partial charge in [-0.15, -0.1) is 0 Å². The van der Waals surface area contributed by atoms with E-state index >= 15 is 0 Å². The lowest BCUT2D eigenvalue weighted by Gasteiger charge is -2.37. The zero-order chi connectivity index (χ0) is 20.3.